The second-order valence-electron chi connectivity index (χ2n) is 14.0. The van der Waals surface area contributed by atoms with Crippen LogP contribution < -0.4 is 34.6 Å². The molecule has 0 atom stereocenters. The second kappa shape index (κ2) is 26.4. The van der Waals surface area contributed by atoms with E-state index in [0.717, 1.165) is 79.6 Å². The minimum absolute atomic E-state index is 0. The van der Waals surface area contributed by atoms with Crippen LogP contribution >= 0.6 is 28.3 Å². The fourth-order valence-electron chi connectivity index (χ4n) is 6.12. The molecule has 3 aromatic rings. The van der Waals surface area contributed by atoms with Crippen molar-refractivity contribution in [3.8, 4) is 17.2 Å². The van der Waals surface area contributed by atoms with E-state index in [2.05, 4.69) is 54.6 Å². The van der Waals surface area contributed by atoms with Gasteiger partial charge >= 0.3 is 6.09 Å². The highest BCUT2D eigenvalue weighted by Crippen LogP contribution is 2.29. The number of rotatable bonds is 5. The molecule has 3 aromatic carbocycles. The van der Waals surface area contributed by atoms with E-state index in [-0.39, 0.29) is 18.5 Å². The lowest BCUT2D eigenvalue weighted by Gasteiger charge is -2.27. The molecular formula is C42H65BrClN5O5. The van der Waals surface area contributed by atoms with Gasteiger partial charge in [0.25, 0.3) is 0 Å². The van der Waals surface area contributed by atoms with Gasteiger partial charge in [0, 0.05) is 45.8 Å². The van der Waals surface area contributed by atoms with E-state index in [9.17, 15) is 4.79 Å². The average molecular weight is 835 g/mol. The van der Waals surface area contributed by atoms with Gasteiger partial charge in [-0.3, -0.25) is 0 Å². The highest BCUT2D eigenvalue weighted by molar-refractivity contribution is 9.10. The van der Waals surface area contributed by atoms with Gasteiger partial charge in [-0.25, -0.2) is 4.79 Å². The molecule has 0 aliphatic carbocycles. The smallest absolute Gasteiger partial charge is 0.410 e. The van der Waals surface area contributed by atoms with Crippen molar-refractivity contribution in [1.29, 1.82) is 0 Å². The Morgan fingerprint density at radius 1 is 0.574 bits per heavy atom. The highest BCUT2D eigenvalue weighted by Gasteiger charge is 2.25. The lowest BCUT2D eigenvalue weighted by atomic mass is 10.2. The summed E-state index contributed by atoms with van der Waals surface area (Å²) < 4.78 is 22.3. The van der Waals surface area contributed by atoms with E-state index in [1.165, 1.54) is 50.9 Å². The summed E-state index contributed by atoms with van der Waals surface area (Å²) in [7, 11) is 5.07. The molecule has 3 aliphatic rings. The molecule has 6 rings (SSSR count). The fraction of sp³-hybridized carbons (Fsp3) is 0.548. The maximum Gasteiger partial charge on any atom is 0.410 e. The van der Waals surface area contributed by atoms with Gasteiger partial charge in [0.1, 0.15) is 22.8 Å². The first kappa shape index (κ1) is 46.8. The number of halogens is 2. The number of carbonyl (C=O) groups excluding carboxylic acids is 1. The molecule has 3 aliphatic heterocycles. The number of hydrogen-bond acceptors (Lipinski definition) is 9. The van der Waals surface area contributed by atoms with Crippen molar-refractivity contribution in [2.24, 2.45) is 0 Å². The Labute approximate surface area is 339 Å². The molecule has 0 spiro atoms. The molecule has 10 nitrogen and oxygen atoms in total. The number of amides is 1. The van der Waals surface area contributed by atoms with Gasteiger partial charge in [-0.15, -0.1) is 12.4 Å². The highest BCUT2D eigenvalue weighted by atomic mass is 79.9. The molecular weight excluding hydrogens is 770 g/mol. The van der Waals surface area contributed by atoms with Crippen molar-refractivity contribution < 1.29 is 23.7 Å². The first-order valence-electron chi connectivity index (χ1n) is 19.1. The van der Waals surface area contributed by atoms with Crippen LogP contribution in [0.1, 0.15) is 59.3 Å². The predicted molar refractivity (Wildman–Crippen MR) is 230 cm³/mol. The first-order chi connectivity index (χ1) is 25.7. The van der Waals surface area contributed by atoms with E-state index < -0.39 is 5.60 Å². The van der Waals surface area contributed by atoms with Crippen LogP contribution in [0.15, 0.2) is 77.3 Å². The Balaban J connectivity index is 0.000000271. The Morgan fingerprint density at radius 2 is 1.06 bits per heavy atom. The third-order valence-corrected chi connectivity index (χ3v) is 9.51. The normalized spacial score (nSPS) is 16.0. The predicted octanol–water partition coefficient (Wildman–Crippen LogP) is 8.67. The van der Waals surface area contributed by atoms with Crippen LogP contribution in [0.2, 0.25) is 0 Å². The van der Waals surface area contributed by atoms with E-state index in [1.807, 2.05) is 75.4 Å². The number of methoxy groups -OCH3 is 3. The molecule has 0 radical (unpaired) electrons. The number of nitrogens with zero attached hydrogens (tertiary/aromatic N) is 3. The zero-order valence-corrected chi connectivity index (χ0v) is 35.8. The summed E-state index contributed by atoms with van der Waals surface area (Å²) in [5, 5.41) is 6.75. The van der Waals surface area contributed by atoms with Crippen LogP contribution in [0, 0.1) is 0 Å². The fourth-order valence-corrected chi connectivity index (χ4v) is 6.57. The molecule has 0 aromatic heterocycles. The summed E-state index contributed by atoms with van der Waals surface area (Å²) in [6.45, 7) is 15.6. The Hall–Kier alpha value is -3.38. The van der Waals surface area contributed by atoms with Crippen molar-refractivity contribution >= 4 is 45.8 Å². The van der Waals surface area contributed by atoms with Crippen LogP contribution in [0.3, 0.4) is 0 Å². The van der Waals surface area contributed by atoms with Crippen LogP contribution in [0.5, 0.6) is 17.2 Å². The molecule has 0 saturated carbocycles. The molecule has 12 heteroatoms. The summed E-state index contributed by atoms with van der Waals surface area (Å²) in [4.78, 5) is 18.6. The van der Waals surface area contributed by atoms with Gasteiger partial charge in [-0.05, 0) is 118 Å². The minimum atomic E-state index is -0.453. The van der Waals surface area contributed by atoms with Gasteiger partial charge in [0.15, 0.2) is 0 Å². The summed E-state index contributed by atoms with van der Waals surface area (Å²) in [6, 6.07) is 24.0. The lowest BCUT2D eigenvalue weighted by molar-refractivity contribution is 0.0263. The van der Waals surface area contributed by atoms with Gasteiger partial charge in [-0.2, -0.15) is 0 Å². The topological polar surface area (TPSA) is 87.8 Å². The van der Waals surface area contributed by atoms with Crippen LogP contribution in [0.25, 0.3) is 0 Å². The number of benzene rings is 3. The Bertz CT molecular complexity index is 1430. The first-order valence-corrected chi connectivity index (χ1v) is 19.9. The maximum absolute atomic E-state index is 12.2. The number of carbonyl (C=O) groups is 1. The molecule has 3 heterocycles. The molecule has 0 unspecified atom stereocenters. The van der Waals surface area contributed by atoms with E-state index >= 15 is 0 Å². The second-order valence-corrected chi connectivity index (χ2v) is 14.9. The number of ether oxygens (including phenoxy) is 4. The Kier molecular flexibility index (Phi) is 22.9. The largest absolute Gasteiger partial charge is 0.496 e. The van der Waals surface area contributed by atoms with Gasteiger partial charge < -0.3 is 44.3 Å². The van der Waals surface area contributed by atoms with Crippen molar-refractivity contribution in [3.05, 3.63) is 77.3 Å². The zero-order valence-electron chi connectivity index (χ0n) is 33.4. The molecule has 3 saturated heterocycles. The van der Waals surface area contributed by atoms with Crippen LogP contribution in [0.4, 0.5) is 16.2 Å². The van der Waals surface area contributed by atoms with E-state index in [1.54, 1.807) is 26.2 Å². The summed E-state index contributed by atoms with van der Waals surface area (Å²) in [6.07, 6.45) is 7.53. The number of para-hydroxylation sites is 5. The van der Waals surface area contributed by atoms with Crippen molar-refractivity contribution in [1.82, 2.24) is 15.5 Å². The average Bonchev–Trinajstić information content (AvgIpc) is 3.73. The molecule has 54 heavy (non-hydrogen) atoms. The van der Waals surface area contributed by atoms with E-state index in [4.69, 9.17) is 18.9 Å². The quantitative estimate of drug-likeness (QED) is 0.262. The number of anilines is 2. The van der Waals surface area contributed by atoms with Gasteiger partial charge in [-0.1, -0.05) is 49.2 Å². The van der Waals surface area contributed by atoms with Gasteiger partial charge in [0.05, 0.1) is 37.2 Å². The van der Waals surface area contributed by atoms with Crippen LogP contribution in [-0.2, 0) is 4.74 Å². The van der Waals surface area contributed by atoms with Crippen molar-refractivity contribution in [2.45, 2.75) is 64.9 Å². The van der Waals surface area contributed by atoms with Crippen molar-refractivity contribution in [3.63, 3.8) is 0 Å². The monoisotopic (exact) mass is 833 g/mol. The SMILES string of the molecule is C1CCCNCC1.COc1ccccc1Br.COc1ccccc1N1CCCN(C(=O)OC(C)(C)C)CC1.COc1ccccc1N1CCCNCC1.Cl. The zero-order chi connectivity index (χ0) is 38.3. The molecule has 1 amide bonds. The molecule has 0 bridgehead atoms. The third kappa shape index (κ3) is 17.4. The van der Waals surface area contributed by atoms with Crippen LogP contribution in [-0.4, -0.2) is 103 Å². The number of hydrogen-bond donors (Lipinski definition) is 2. The maximum atomic E-state index is 12.2. The summed E-state index contributed by atoms with van der Waals surface area (Å²) >= 11 is 3.33. The summed E-state index contributed by atoms with van der Waals surface area (Å²) in [5.74, 6) is 2.71. The van der Waals surface area contributed by atoms with E-state index in [0.29, 0.717) is 6.54 Å². The minimum Gasteiger partial charge on any atom is -0.496 e. The van der Waals surface area contributed by atoms with Crippen molar-refractivity contribution in [2.75, 3.05) is 96.6 Å². The molecule has 3 fully saturated rings. The standard InChI is InChI=1S/C17H26N2O3.C12H18N2O.C7H7BrO.C6H13N.ClH/c1-17(2,3)22-16(20)19-11-7-10-18(12-13-19)14-8-5-6-9-15(14)21-4;1-15-12-6-3-2-5-11(12)14-9-4-7-13-8-10-14;1-9-7-5-3-2-4-6(7)8;1-2-4-6-7-5-3-1;/h5-6,8-9H,7,10-13H2,1-4H3;2-3,5-6,13H,4,7-10H2,1H3;2-5H,1H3;7H,1-6H2;1H. The lowest BCUT2D eigenvalue weighted by Crippen LogP contribution is -2.39. The third-order valence-electron chi connectivity index (χ3n) is 8.85. The van der Waals surface area contributed by atoms with Gasteiger partial charge in [0.2, 0.25) is 0 Å². The molecule has 302 valence electrons. The number of nitrogens with one attached hydrogen (secondary N) is 2. The molecule has 2 N–H and O–H groups in total. The summed E-state index contributed by atoms with van der Waals surface area (Å²) in [5.41, 5.74) is 1.84. The Morgan fingerprint density at radius 3 is 1.59 bits per heavy atom.